The number of aryl methyl sites for hydroxylation is 1. The largest absolute Gasteiger partial charge is 0.354 e. The number of benzene rings is 1. The minimum Gasteiger partial charge on any atom is -0.354 e. The van der Waals surface area contributed by atoms with Crippen molar-refractivity contribution in [3.05, 3.63) is 58.3 Å². The molecule has 2 amide bonds. The monoisotopic (exact) mass is 404 g/mol. The van der Waals surface area contributed by atoms with E-state index in [9.17, 15) is 9.59 Å². The first-order valence-corrected chi connectivity index (χ1v) is 9.54. The van der Waals surface area contributed by atoms with Crippen molar-refractivity contribution in [1.82, 2.24) is 20.8 Å². The molecule has 0 radical (unpaired) electrons. The van der Waals surface area contributed by atoms with E-state index in [4.69, 9.17) is 16.1 Å². The molecule has 0 aliphatic rings. The van der Waals surface area contributed by atoms with Gasteiger partial charge in [-0.2, -0.15) is 4.98 Å². The molecule has 0 aliphatic heterocycles. The molecular formula is C18H17ClN4O3S. The number of halogens is 1. The zero-order chi connectivity index (χ0) is 19.1. The number of nitrogens with one attached hydrogen (secondary N) is 2. The Bertz CT molecular complexity index is 894. The topological polar surface area (TPSA) is 97.1 Å². The highest BCUT2D eigenvalue weighted by atomic mass is 35.5. The van der Waals surface area contributed by atoms with E-state index in [0.29, 0.717) is 41.8 Å². The van der Waals surface area contributed by atoms with Crippen molar-refractivity contribution in [2.24, 2.45) is 0 Å². The average molecular weight is 405 g/mol. The lowest BCUT2D eigenvalue weighted by molar-refractivity contribution is -0.121. The Balaban J connectivity index is 1.34. The van der Waals surface area contributed by atoms with Gasteiger partial charge in [-0.3, -0.25) is 9.59 Å². The highest BCUT2D eigenvalue weighted by molar-refractivity contribution is 7.13. The number of carbonyl (C=O) groups is 2. The summed E-state index contributed by atoms with van der Waals surface area (Å²) in [7, 11) is 0. The number of carbonyl (C=O) groups excluding carboxylic acids is 2. The Hall–Kier alpha value is -2.71. The molecule has 0 aliphatic carbocycles. The molecule has 0 atom stereocenters. The lowest BCUT2D eigenvalue weighted by Crippen LogP contribution is -2.34. The minimum absolute atomic E-state index is 0.147. The summed E-state index contributed by atoms with van der Waals surface area (Å²) in [6.45, 7) is 0.665. The van der Waals surface area contributed by atoms with Crippen molar-refractivity contribution < 1.29 is 14.1 Å². The molecule has 3 aromatic rings. The van der Waals surface area contributed by atoms with E-state index in [2.05, 4.69) is 20.8 Å². The highest BCUT2D eigenvalue weighted by Gasteiger charge is 2.11. The van der Waals surface area contributed by atoms with Gasteiger partial charge < -0.3 is 15.2 Å². The fourth-order valence-electron chi connectivity index (χ4n) is 2.25. The highest BCUT2D eigenvalue weighted by Crippen LogP contribution is 2.21. The Morgan fingerprint density at radius 1 is 1.11 bits per heavy atom. The van der Waals surface area contributed by atoms with Gasteiger partial charge in [-0.15, -0.1) is 11.3 Å². The van der Waals surface area contributed by atoms with Crippen LogP contribution in [0.4, 0.5) is 0 Å². The SMILES string of the molecule is O=C(CCc1nc(-c2cccs2)no1)NCCNC(=O)c1ccc(Cl)cc1. The lowest BCUT2D eigenvalue weighted by Gasteiger charge is -2.07. The molecule has 0 bridgehead atoms. The predicted octanol–water partition coefficient (Wildman–Crippen LogP) is 2.93. The van der Waals surface area contributed by atoms with Crippen LogP contribution in [0.15, 0.2) is 46.3 Å². The fraction of sp³-hybridized carbons (Fsp3) is 0.222. The second-order valence-corrected chi connectivity index (χ2v) is 6.99. The lowest BCUT2D eigenvalue weighted by atomic mass is 10.2. The van der Waals surface area contributed by atoms with Crippen molar-refractivity contribution in [3.63, 3.8) is 0 Å². The first-order valence-electron chi connectivity index (χ1n) is 8.29. The average Bonchev–Trinajstić information content (AvgIpc) is 3.35. The van der Waals surface area contributed by atoms with Crippen molar-refractivity contribution >= 4 is 34.8 Å². The van der Waals surface area contributed by atoms with Crippen LogP contribution >= 0.6 is 22.9 Å². The third kappa shape index (κ3) is 5.63. The van der Waals surface area contributed by atoms with Crippen molar-refractivity contribution in [2.45, 2.75) is 12.8 Å². The molecule has 7 nitrogen and oxygen atoms in total. The summed E-state index contributed by atoms with van der Waals surface area (Å²) < 4.78 is 5.15. The number of amides is 2. The Morgan fingerprint density at radius 2 is 1.89 bits per heavy atom. The number of hydrogen-bond acceptors (Lipinski definition) is 6. The maximum Gasteiger partial charge on any atom is 0.251 e. The summed E-state index contributed by atoms with van der Waals surface area (Å²) in [4.78, 5) is 29.0. The van der Waals surface area contributed by atoms with Gasteiger partial charge in [0.25, 0.3) is 5.91 Å². The molecule has 3 rings (SSSR count). The molecule has 0 saturated carbocycles. The van der Waals surface area contributed by atoms with Gasteiger partial charge in [0, 0.05) is 36.5 Å². The fourth-order valence-corrected chi connectivity index (χ4v) is 3.03. The maximum absolute atomic E-state index is 11.9. The van der Waals surface area contributed by atoms with Gasteiger partial charge in [0.2, 0.25) is 17.6 Å². The van der Waals surface area contributed by atoms with Crippen LogP contribution in [-0.4, -0.2) is 35.0 Å². The van der Waals surface area contributed by atoms with Crippen molar-refractivity contribution in [3.8, 4) is 10.7 Å². The van der Waals surface area contributed by atoms with Crippen LogP contribution in [0, 0.1) is 0 Å². The van der Waals surface area contributed by atoms with Crippen LogP contribution in [0.1, 0.15) is 22.7 Å². The van der Waals surface area contributed by atoms with Gasteiger partial charge >= 0.3 is 0 Å². The van der Waals surface area contributed by atoms with Gasteiger partial charge in [0.1, 0.15) is 0 Å². The quantitative estimate of drug-likeness (QED) is 0.562. The maximum atomic E-state index is 11.9. The van der Waals surface area contributed by atoms with E-state index in [-0.39, 0.29) is 18.2 Å². The third-order valence-corrected chi connectivity index (χ3v) is 4.73. The molecule has 2 N–H and O–H groups in total. The Morgan fingerprint density at radius 3 is 2.63 bits per heavy atom. The number of thiophene rings is 1. The zero-order valence-corrected chi connectivity index (χ0v) is 15.8. The number of nitrogens with zero attached hydrogens (tertiary/aromatic N) is 2. The molecular weight excluding hydrogens is 388 g/mol. The number of aromatic nitrogens is 2. The summed E-state index contributed by atoms with van der Waals surface area (Å²) >= 11 is 7.31. The molecule has 2 heterocycles. The number of rotatable bonds is 8. The molecule has 0 unspecified atom stereocenters. The van der Waals surface area contributed by atoms with Crippen LogP contribution in [0.2, 0.25) is 5.02 Å². The van der Waals surface area contributed by atoms with Crippen LogP contribution in [-0.2, 0) is 11.2 Å². The summed E-state index contributed by atoms with van der Waals surface area (Å²) in [6.07, 6.45) is 0.596. The molecule has 27 heavy (non-hydrogen) atoms. The van der Waals surface area contributed by atoms with Gasteiger partial charge in [0.15, 0.2) is 0 Å². The van der Waals surface area contributed by atoms with E-state index >= 15 is 0 Å². The van der Waals surface area contributed by atoms with E-state index in [1.54, 1.807) is 24.3 Å². The predicted molar refractivity (Wildman–Crippen MR) is 103 cm³/mol. The summed E-state index contributed by atoms with van der Waals surface area (Å²) in [6, 6.07) is 10.4. The van der Waals surface area contributed by atoms with Gasteiger partial charge in [-0.1, -0.05) is 22.8 Å². The second kappa shape index (κ2) is 9.29. The first kappa shape index (κ1) is 19.1. The summed E-state index contributed by atoms with van der Waals surface area (Å²) in [5, 5.41) is 11.9. The normalized spacial score (nSPS) is 10.6. The van der Waals surface area contributed by atoms with Gasteiger partial charge in [0.05, 0.1) is 4.88 Å². The van der Waals surface area contributed by atoms with Crippen molar-refractivity contribution in [2.75, 3.05) is 13.1 Å². The molecule has 140 valence electrons. The molecule has 0 saturated heterocycles. The van der Waals surface area contributed by atoms with E-state index in [1.807, 2.05) is 17.5 Å². The van der Waals surface area contributed by atoms with E-state index in [1.165, 1.54) is 11.3 Å². The zero-order valence-electron chi connectivity index (χ0n) is 14.3. The molecule has 0 fully saturated rings. The molecule has 1 aromatic carbocycles. The molecule has 2 aromatic heterocycles. The smallest absolute Gasteiger partial charge is 0.251 e. The standard InChI is InChI=1S/C18H17ClN4O3S/c19-13-5-3-12(4-6-13)18(25)21-10-9-20-15(24)7-8-16-22-17(23-26-16)14-2-1-11-27-14/h1-6,11H,7-10H2,(H,20,24)(H,21,25). The second-order valence-electron chi connectivity index (χ2n) is 5.60. The summed E-state index contributed by atoms with van der Waals surface area (Å²) in [5.41, 5.74) is 0.517. The Kier molecular flexibility index (Phi) is 6.56. The van der Waals surface area contributed by atoms with E-state index in [0.717, 1.165) is 4.88 Å². The van der Waals surface area contributed by atoms with Crippen molar-refractivity contribution in [1.29, 1.82) is 0 Å². The van der Waals surface area contributed by atoms with Crippen LogP contribution < -0.4 is 10.6 Å². The summed E-state index contributed by atoms with van der Waals surface area (Å²) in [5.74, 6) is 0.592. The van der Waals surface area contributed by atoms with Crippen LogP contribution in [0.25, 0.3) is 10.7 Å². The third-order valence-electron chi connectivity index (χ3n) is 3.61. The molecule has 9 heteroatoms. The van der Waals surface area contributed by atoms with Gasteiger partial charge in [-0.05, 0) is 35.7 Å². The minimum atomic E-state index is -0.215. The van der Waals surface area contributed by atoms with Crippen LogP contribution in [0.5, 0.6) is 0 Å². The molecule has 0 spiro atoms. The van der Waals surface area contributed by atoms with Crippen LogP contribution in [0.3, 0.4) is 0 Å². The Labute approximate surface area is 164 Å². The van der Waals surface area contributed by atoms with Gasteiger partial charge in [-0.25, -0.2) is 0 Å². The number of hydrogen-bond donors (Lipinski definition) is 2. The first-order chi connectivity index (χ1) is 13.1. The van der Waals surface area contributed by atoms with E-state index < -0.39 is 0 Å².